The summed E-state index contributed by atoms with van der Waals surface area (Å²) in [6, 6.07) is 28.5. The maximum absolute atomic E-state index is 14.5. The first-order valence-corrected chi connectivity index (χ1v) is 16.9. The van der Waals surface area contributed by atoms with Gasteiger partial charge in [0.25, 0.3) is 10.0 Å². The molecule has 0 fully saturated rings. The van der Waals surface area contributed by atoms with Gasteiger partial charge in [0.15, 0.2) is 0 Å². The summed E-state index contributed by atoms with van der Waals surface area (Å²) in [6.07, 6.45) is 0.229. The summed E-state index contributed by atoms with van der Waals surface area (Å²) in [6.45, 7) is 5.80. The van der Waals surface area contributed by atoms with E-state index in [2.05, 4.69) is 5.32 Å². The summed E-state index contributed by atoms with van der Waals surface area (Å²) < 4.78 is 34.6. The van der Waals surface area contributed by atoms with Crippen LogP contribution in [0.25, 0.3) is 0 Å². The van der Waals surface area contributed by atoms with Crippen molar-refractivity contribution >= 4 is 39.1 Å². The van der Waals surface area contributed by atoms with Crippen LogP contribution in [0.3, 0.4) is 0 Å². The average Bonchev–Trinajstić information content (AvgIpc) is 3.05. The van der Waals surface area contributed by atoms with Crippen LogP contribution in [0.4, 0.5) is 5.69 Å². The van der Waals surface area contributed by atoms with E-state index in [9.17, 15) is 18.0 Å². The Kier molecular flexibility index (Phi) is 11.8. The zero-order valence-electron chi connectivity index (χ0n) is 26.5. The number of hydrogen-bond acceptors (Lipinski definition) is 5. The lowest BCUT2D eigenvalue weighted by atomic mass is 10.0. The Morgan fingerprint density at radius 1 is 0.870 bits per heavy atom. The van der Waals surface area contributed by atoms with Crippen molar-refractivity contribution in [1.82, 2.24) is 10.2 Å². The molecule has 0 radical (unpaired) electrons. The molecule has 0 aliphatic heterocycles. The lowest BCUT2D eigenvalue weighted by molar-refractivity contribution is -0.140. The fourth-order valence-electron chi connectivity index (χ4n) is 4.92. The van der Waals surface area contributed by atoms with Gasteiger partial charge in [-0.2, -0.15) is 0 Å². The number of aryl methyl sites for hydroxylation is 1. The van der Waals surface area contributed by atoms with Crippen LogP contribution in [0.1, 0.15) is 30.5 Å². The van der Waals surface area contributed by atoms with Crippen LogP contribution in [0.15, 0.2) is 108 Å². The second-order valence-corrected chi connectivity index (χ2v) is 13.8. The summed E-state index contributed by atoms with van der Waals surface area (Å²) in [5, 5.41) is 3.47. The number of carbonyl (C=O) groups excluding carboxylic acids is 2. The third kappa shape index (κ3) is 9.11. The van der Waals surface area contributed by atoms with Gasteiger partial charge in [-0.15, -0.1) is 0 Å². The molecule has 242 valence electrons. The van der Waals surface area contributed by atoms with Crippen molar-refractivity contribution in [2.75, 3.05) is 24.5 Å². The van der Waals surface area contributed by atoms with Crippen molar-refractivity contribution in [2.45, 2.75) is 44.7 Å². The van der Waals surface area contributed by atoms with Crippen molar-refractivity contribution < 1.29 is 22.7 Å². The molecule has 1 atom stereocenters. The summed E-state index contributed by atoms with van der Waals surface area (Å²) in [5.74, 6) is -0.183. The van der Waals surface area contributed by atoms with Crippen LogP contribution in [0, 0.1) is 12.8 Å². The van der Waals surface area contributed by atoms with Gasteiger partial charge in [-0.3, -0.25) is 13.9 Å². The van der Waals surface area contributed by atoms with Crippen LogP contribution in [-0.2, 0) is 32.6 Å². The fourth-order valence-corrected chi connectivity index (χ4v) is 6.55. The van der Waals surface area contributed by atoms with E-state index >= 15 is 0 Å². The molecule has 1 unspecified atom stereocenters. The monoisotopic (exact) mass is 661 g/mol. The molecule has 0 bridgehead atoms. The molecule has 0 saturated carbocycles. The zero-order valence-corrected chi connectivity index (χ0v) is 28.1. The Balaban J connectivity index is 1.79. The first-order valence-electron chi connectivity index (χ1n) is 15.1. The van der Waals surface area contributed by atoms with Crippen LogP contribution in [-0.4, -0.2) is 51.4 Å². The van der Waals surface area contributed by atoms with Gasteiger partial charge in [-0.1, -0.05) is 85.6 Å². The normalized spacial score (nSPS) is 12.0. The Morgan fingerprint density at radius 3 is 2.13 bits per heavy atom. The number of hydrogen-bond donors (Lipinski definition) is 1. The first-order chi connectivity index (χ1) is 22.0. The smallest absolute Gasteiger partial charge is 0.264 e. The van der Waals surface area contributed by atoms with Crippen molar-refractivity contribution in [3.8, 4) is 5.75 Å². The number of nitrogens with zero attached hydrogens (tertiary/aromatic N) is 2. The first kappa shape index (κ1) is 34.5. The highest BCUT2D eigenvalue weighted by Crippen LogP contribution is 2.27. The molecule has 0 spiro atoms. The average molecular weight is 662 g/mol. The minimum atomic E-state index is -4.22. The summed E-state index contributed by atoms with van der Waals surface area (Å²) in [5.41, 5.74) is 2.82. The number of rotatable bonds is 14. The molecule has 2 amide bonds. The molecule has 4 aromatic carbocycles. The molecular formula is C36H40ClN3O5S. The molecule has 4 rings (SSSR count). The quantitative estimate of drug-likeness (QED) is 0.172. The van der Waals surface area contributed by atoms with E-state index in [1.54, 1.807) is 54.6 Å². The second kappa shape index (κ2) is 15.8. The van der Waals surface area contributed by atoms with Gasteiger partial charge in [-0.25, -0.2) is 8.42 Å². The predicted octanol–water partition coefficient (Wildman–Crippen LogP) is 6.26. The minimum absolute atomic E-state index is 0.00132. The SMILES string of the molecule is COc1ccc(S(=O)(=O)N(CC(=O)N(Cc2cccc(Cl)c2)C(Cc2ccccc2)C(=O)NCC(C)C)c2ccc(C)cc2)cc1. The number of sulfonamides is 1. The number of carbonyl (C=O) groups is 2. The van der Waals surface area contributed by atoms with Crippen LogP contribution < -0.4 is 14.4 Å². The molecule has 10 heteroatoms. The van der Waals surface area contributed by atoms with Gasteiger partial charge in [-0.05, 0) is 72.5 Å². The van der Waals surface area contributed by atoms with Crippen molar-refractivity contribution in [3.63, 3.8) is 0 Å². The van der Waals surface area contributed by atoms with E-state index in [-0.39, 0.29) is 29.7 Å². The minimum Gasteiger partial charge on any atom is -0.497 e. The molecule has 8 nitrogen and oxygen atoms in total. The third-order valence-corrected chi connectivity index (χ3v) is 9.47. The van der Waals surface area contributed by atoms with E-state index in [0.29, 0.717) is 28.6 Å². The highest BCUT2D eigenvalue weighted by Gasteiger charge is 2.34. The maximum atomic E-state index is 14.5. The fraction of sp³-hybridized carbons (Fsp3) is 0.278. The van der Waals surface area contributed by atoms with Crippen LogP contribution in [0.5, 0.6) is 5.75 Å². The maximum Gasteiger partial charge on any atom is 0.264 e. The topological polar surface area (TPSA) is 96.0 Å². The molecule has 0 aromatic heterocycles. The summed E-state index contributed by atoms with van der Waals surface area (Å²) in [7, 11) is -2.72. The van der Waals surface area contributed by atoms with Crippen molar-refractivity contribution in [2.24, 2.45) is 5.92 Å². The van der Waals surface area contributed by atoms with Gasteiger partial charge < -0.3 is 15.0 Å². The number of methoxy groups -OCH3 is 1. The van der Waals surface area contributed by atoms with Gasteiger partial charge >= 0.3 is 0 Å². The van der Waals surface area contributed by atoms with Crippen LogP contribution in [0.2, 0.25) is 5.02 Å². The largest absolute Gasteiger partial charge is 0.497 e. The van der Waals surface area contributed by atoms with Crippen LogP contribution >= 0.6 is 11.6 Å². The highest BCUT2D eigenvalue weighted by molar-refractivity contribution is 7.92. The van der Waals surface area contributed by atoms with E-state index in [0.717, 1.165) is 15.4 Å². The molecule has 4 aromatic rings. The van der Waals surface area contributed by atoms with E-state index in [1.165, 1.54) is 24.1 Å². The molecule has 0 heterocycles. The molecule has 46 heavy (non-hydrogen) atoms. The standard InChI is InChI=1S/C36H40ClN3O5S/c1-26(2)23-38-36(42)34(22-28-9-6-5-7-10-28)39(24-29-11-8-12-30(37)21-29)35(41)25-40(31-15-13-27(3)14-16-31)46(43,44)33-19-17-32(45-4)18-20-33/h5-21,26,34H,22-25H2,1-4H3,(H,38,42). The molecular weight excluding hydrogens is 622 g/mol. The van der Waals surface area contributed by atoms with E-state index in [4.69, 9.17) is 16.3 Å². The molecule has 0 aliphatic rings. The lowest BCUT2D eigenvalue weighted by Crippen LogP contribution is -2.53. The number of nitrogens with one attached hydrogen (secondary N) is 1. The van der Waals surface area contributed by atoms with E-state index in [1.807, 2.05) is 57.2 Å². The molecule has 0 saturated heterocycles. The van der Waals surface area contributed by atoms with E-state index < -0.39 is 28.5 Å². The molecule has 0 aliphatic carbocycles. The van der Waals surface area contributed by atoms with Gasteiger partial charge in [0.1, 0.15) is 18.3 Å². The second-order valence-electron chi connectivity index (χ2n) is 11.5. The van der Waals surface area contributed by atoms with Crippen molar-refractivity contribution in [3.05, 3.63) is 125 Å². The van der Waals surface area contributed by atoms with Gasteiger partial charge in [0.2, 0.25) is 11.8 Å². The predicted molar refractivity (Wildman–Crippen MR) is 182 cm³/mol. The van der Waals surface area contributed by atoms with Gasteiger partial charge in [0, 0.05) is 24.5 Å². The van der Waals surface area contributed by atoms with Crippen molar-refractivity contribution in [1.29, 1.82) is 0 Å². The number of amides is 2. The number of benzene rings is 4. The summed E-state index contributed by atoms with van der Waals surface area (Å²) >= 11 is 6.31. The Labute approximate surface area is 277 Å². The number of halogens is 1. The number of anilines is 1. The van der Waals surface area contributed by atoms with Gasteiger partial charge in [0.05, 0.1) is 17.7 Å². The summed E-state index contributed by atoms with van der Waals surface area (Å²) in [4.78, 5) is 29.8. The molecule has 1 N–H and O–H groups in total. The number of ether oxygens (including phenoxy) is 1. The Bertz CT molecular complexity index is 1710. The Hall–Kier alpha value is -4.34. The third-order valence-electron chi connectivity index (χ3n) is 7.45. The highest BCUT2D eigenvalue weighted by atomic mass is 35.5. The Morgan fingerprint density at radius 2 is 1.52 bits per heavy atom. The zero-order chi connectivity index (χ0) is 33.3. The lowest BCUT2D eigenvalue weighted by Gasteiger charge is -2.34.